The molecule has 0 aliphatic carbocycles. The Balaban J connectivity index is 3.41. The van der Waals surface area contributed by atoms with Crippen LogP contribution in [0.1, 0.15) is 27.2 Å². The van der Waals surface area contributed by atoms with Gasteiger partial charge < -0.3 is 15.0 Å². The smallest absolute Gasteiger partial charge is 0.407 e. The fraction of sp³-hybridized carbons (Fsp3) is 0.833. The second kappa shape index (κ2) is 9.36. The molecule has 0 aromatic carbocycles. The standard InChI is InChI=1S/C12H24N2O3S2/c1-12(2,3)17-11(16)13-7-9-19-18-8-6-10(15)14(4)5/h6-9H2,1-5H3,(H,13,16). The molecule has 0 radical (unpaired) electrons. The number of rotatable bonds is 7. The fourth-order valence-electron chi connectivity index (χ4n) is 0.979. The van der Waals surface area contributed by atoms with Crippen LogP contribution < -0.4 is 5.32 Å². The molecule has 0 aliphatic rings. The van der Waals surface area contributed by atoms with Crippen LogP contribution in [0.25, 0.3) is 0 Å². The van der Waals surface area contributed by atoms with Crippen molar-refractivity contribution in [1.82, 2.24) is 10.2 Å². The van der Waals surface area contributed by atoms with Crippen LogP contribution in [-0.2, 0) is 9.53 Å². The van der Waals surface area contributed by atoms with Crippen LogP contribution in [0.5, 0.6) is 0 Å². The van der Waals surface area contributed by atoms with Crippen LogP contribution in [-0.4, -0.2) is 54.6 Å². The summed E-state index contributed by atoms with van der Waals surface area (Å²) in [4.78, 5) is 24.2. The fourth-order valence-corrected chi connectivity index (χ4v) is 2.87. The Hall–Kier alpha value is -0.560. The zero-order valence-electron chi connectivity index (χ0n) is 12.3. The first-order chi connectivity index (χ1) is 8.72. The van der Waals surface area contributed by atoms with Gasteiger partial charge in [-0.15, -0.1) is 0 Å². The molecule has 1 N–H and O–H groups in total. The van der Waals surface area contributed by atoms with Gasteiger partial charge >= 0.3 is 6.09 Å². The molecule has 0 aromatic rings. The van der Waals surface area contributed by atoms with E-state index in [9.17, 15) is 9.59 Å². The minimum Gasteiger partial charge on any atom is -0.444 e. The van der Waals surface area contributed by atoms with Gasteiger partial charge in [0.1, 0.15) is 5.60 Å². The van der Waals surface area contributed by atoms with E-state index in [4.69, 9.17) is 4.74 Å². The van der Waals surface area contributed by atoms with Gasteiger partial charge in [0.05, 0.1) is 0 Å². The van der Waals surface area contributed by atoms with Crippen molar-refractivity contribution >= 4 is 33.6 Å². The molecular formula is C12H24N2O3S2. The third-order valence-corrected chi connectivity index (χ3v) is 4.24. The highest BCUT2D eigenvalue weighted by Crippen LogP contribution is 2.21. The molecule has 19 heavy (non-hydrogen) atoms. The molecule has 0 bridgehead atoms. The first kappa shape index (κ1) is 18.4. The molecule has 0 saturated heterocycles. The lowest BCUT2D eigenvalue weighted by molar-refractivity contribution is -0.128. The van der Waals surface area contributed by atoms with Crippen LogP contribution in [0, 0.1) is 0 Å². The maximum Gasteiger partial charge on any atom is 0.407 e. The summed E-state index contributed by atoms with van der Waals surface area (Å²) in [5.74, 6) is 1.72. The molecular weight excluding hydrogens is 284 g/mol. The van der Waals surface area contributed by atoms with Crippen LogP contribution in [0.4, 0.5) is 4.79 Å². The van der Waals surface area contributed by atoms with Gasteiger partial charge in [0.15, 0.2) is 0 Å². The maximum absolute atomic E-state index is 11.3. The number of ether oxygens (including phenoxy) is 1. The third-order valence-electron chi connectivity index (χ3n) is 1.84. The number of nitrogens with one attached hydrogen (secondary N) is 1. The van der Waals surface area contributed by atoms with E-state index in [0.717, 1.165) is 11.5 Å². The largest absolute Gasteiger partial charge is 0.444 e. The third kappa shape index (κ3) is 12.2. The zero-order chi connectivity index (χ0) is 14.9. The van der Waals surface area contributed by atoms with Crippen molar-refractivity contribution in [3.05, 3.63) is 0 Å². The summed E-state index contributed by atoms with van der Waals surface area (Å²) in [6.45, 7) is 6.06. The topological polar surface area (TPSA) is 58.6 Å². The highest BCUT2D eigenvalue weighted by Gasteiger charge is 2.15. The molecule has 0 aromatic heterocycles. The minimum atomic E-state index is -0.460. The molecule has 7 heteroatoms. The Morgan fingerprint density at radius 2 is 1.74 bits per heavy atom. The summed E-state index contributed by atoms with van der Waals surface area (Å²) in [6, 6.07) is 0. The normalized spacial score (nSPS) is 11.0. The van der Waals surface area contributed by atoms with Crippen molar-refractivity contribution in [2.75, 3.05) is 32.1 Å². The van der Waals surface area contributed by atoms with E-state index < -0.39 is 5.60 Å². The Morgan fingerprint density at radius 1 is 1.16 bits per heavy atom. The lowest BCUT2D eigenvalue weighted by Crippen LogP contribution is -2.33. The van der Waals surface area contributed by atoms with Gasteiger partial charge in [-0.1, -0.05) is 21.6 Å². The molecule has 0 spiro atoms. The highest BCUT2D eigenvalue weighted by atomic mass is 33.1. The molecule has 0 atom stereocenters. The predicted octanol–water partition coefficient (Wildman–Crippen LogP) is 2.37. The molecule has 0 rings (SSSR count). The summed E-state index contributed by atoms with van der Waals surface area (Å²) >= 11 is 0. The molecule has 0 unspecified atom stereocenters. The lowest BCUT2D eigenvalue weighted by Gasteiger charge is -2.19. The van der Waals surface area contributed by atoms with E-state index in [1.807, 2.05) is 20.8 Å². The van der Waals surface area contributed by atoms with E-state index >= 15 is 0 Å². The highest BCUT2D eigenvalue weighted by molar-refractivity contribution is 8.76. The number of hydrogen-bond acceptors (Lipinski definition) is 5. The van der Waals surface area contributed by atoms with E-state index in [1.54, 1.807) is 40.6 Å². The number of hydrogen-bond donors (Lipinski definition) is 1. The molecule has 0 saturated carbocycles. The summed E-state index contributed by atoms with van der Waals surface area (Å²) in [5.41, 5.74) is -0.460. The van der Waals surface area contributed by atoms with Crippen LogP contribution >= 0.6 is 21.6 Å². The zero-order valence-corrected chi connectivity index (χ0v) is 13.9. The lowest BCUT2D eigenvalue weighted by atomic mass is 10.2. The van der Waals surface area contributed by atoms with Crippen molar-refractivity contribution in [2.45, 2.75) is 32.8 Å². The van der Waals surface area contributed by atoms with E-state index in [0.29, 0.717) is 13.0 Å². The van der Waals surface area contributed by atoms with Crippen molar-refractivity contribution in [3.63, 3.8) is 0 Å². The number of amides is 2. The van der Waals surface area contributed by atoms with Gasteiger partial charge in [0.25, 0.3) is 0 Å². The number of carbonyl (C=O) groups excluding carboxylic acids is 2. The van der Waals surface area contributed by atoms with Crippen molar-refractivity contribution in [1.29, 1.82) is 0 Å². The van der Waals surface area contributed by atoms with Gasteiger partial charge in [0, 0.05) is 38.6 Å². The van der Waals surface area contributed by atoms with Crippen LogP contribution in [0.15, 0.2) is 0 Å². The van der Waals surface area contributed by atoms with Crippen molar-refractivity contribution < 1.29 is 14.3 Å². The quantitative estimate of drug-likeness (QED) is 0.578. The van der Waals surface area contributed by atoms with Gasteiger partial charge in [-0.05, 0) is 20.8 Å². The summed E-state index contributed by atoms with van der Waals surface area (Å²) < 4.78 is 5.11. The average molecular weight is 308 g/mol. The molecule has 0 fully saturated rings. The van der Waals surface area contributed by atoms with Gasteiger partial charge in [0.2, 0.25) is 5.91 Å². The maximum atomic E-state index is 11.3. The number of carbonyl (C=O) groups is 2. The van der Waals surface area contributed by atoms with E-state index in [1.165, 1.54) is 0 Å². The Bertz CT molecular complexity index is 291. The second-order valence-corrected chi connectivity index (χ2v) is 7.81. The minimum absolute atomic E-state index is 0.139. The van der Waals surface area contributed by atoms with Gasteiger partial charge in [-0.25, -0.2) is 4.79 Å². The summed E-state index contributed by atoms with van der Waals surface area (Å²) in [6.07, 6.45) is 0.158. The van der Waals surface area contributed by atoms with Crippen molar-refractivity contribution in [2.24, 2.45) is 0 Å². The van der Waals surface area contributed by atoms with Gasteiger partial charge in [-0.2, -0.15) is 0 Å². The molecule has 112 valence electrons. The monoisotopic (exact) mass is 308 g/mol. The average Bonchev–Trinajstić information content (AvgIpc) is 2.24. The van der Waals surface area contributed by atoms with E-state index in [-0.39, 0.29) is 12.0 Å². The van der Waals surface area contributed by atoms with Crippen molar-refractivity contribution in [3.8, 4) is 0 Å². The molecule has 2 amide bonds. The second-order valence-electron chi connectivity index (χ2n) is 5.11. The Morgan fingerprint density at radius 3 is 2.26 bits per heavy atom. The van der Waals surface area contributed by atoms with Crippen LogP contribution in [0.3, 0.4) is 0 Å². The Labute approximate surface area is 123 Å². The summed E-state index contributed by atoms with van der Waals surface area (Å²) in [7, 11) is 6.79. The first-order valence-corrected chi connectivity index (χ1v) is 8.62. The SMILES string of the molecule is CN(C)C(=O)CCSSCCNC(=O)OC(C)(C)C. The summed E-state index contributed by atoms with van der Waals surface area (Å²) in [5, 5.41) is 2.69. The van der Waals surface area contributed by atoms with Gasteiger partial charge in [-0.3, -0.25) is 4.79 Å². The molecule has 5 nitrogen and oxygen atoms in total. The molecule has 0 aliphatic heterocycles. The van der Waals surface area contributed by atoms with E-state index in [2.05, 4.69) is 5.32 Å². The predicted molar refractivity (Wildman–Crippen MR) is 82.5 cm³/mol. The number of nitrogens with zero attached hydrogens (tertiary/aromatic N) is 1. The number of alkyl carbamates (subject to hydrolysis) is 1. The Kier molecular flexibility index (Phi) is 9.08. The first-order valence-electron chi connectivity index (χ1n) is 6.14. The molecule has 0 heterocycles. The van der Waals surface area contributed by atoms with Crippen LogP contribution in [0.2, 0.25) is 0 Å².